The third-order valence-corrected chi connectivity index (χ3v) is 6.57. The molecule has 2 amide bonds. The Bertz CT molecular complexity index is 1250. The summed E-state index contributed by atoms with van der Waals surface area (Å²) in [5, 5.41) is 3.83. The van der Waals surface area contributed by atoms with E-state index in [2.05, 4.69) is 5.32 Å². The van der Waals surface area contributed by atoms with Crippen LogP contribution in [0.4, 0.5) is 11.4 Å². The van der Waals surface area contributed by atoms with Gasteiger partial charge in [0.2, 0.25) is 5.91 Å². The van der Waals surface area contributed by atoms with E-state index < -0.39 is 6.04 Å². The summed E-state index contributed by atoms with van der Waals surface area (Å²) in [5.74, 6) is 0.852. The molecule has 192 valence electrons. The van der Waals surface area contributed by atoms with Gasteiger partial charge in [-0.1, -0.05) is 30.7 Å². The van der Waals surface area contributed by atoms with Gasteiger partial charge in [0.15, 0.2) is 5.11 Å². The van der Waals surface area contributed by atoms with E-state index in [0.717, 1.165) is 17.7 Å². The van der Waals surface area contributed by atoms with Crippen LogP contribution in [0.15, 0.2) is 72.8 Å². The van der Waals surface area contributed by atoms with Crippen LogP contribution in [0.5, 0.6) is 11.5 Å². The van der Waals surface area contributed by atoms with Gasteiger partial charge in [0, 0.05) is 17.3 Å². The highest BCUT2D eigenvalue weighted by atomic mass is 35.5. The summed E-state index contributed by atoms with van der Waals surface area (Å²) in [5.41, 5.74) is 2.16. The summed E-state index contributed by atoms with van der Waals surface area (Å²) in [6.07, 6.45) is 0.850. The number of hydrogen-bond acceptors (Lipinski definition) is 5. The quantitative estimate of drug-likeness (QED) is 0.336. The zero-order chi connectivity index (χ0) is 26.4. The highest BCUT2D eigenvalue weighted by molar-refractivity contribution is 7.80. The van der Waals surface area contributed by atoms with Gasteiger partial charge >= 0.3 is 0 Å². The van der Waals surface area contributed by atoms with Crippen LogP contribution < -0.4 is 19.7 Å². The molecule has 1 atom stereocenters. The fraction of sp³-hybridized carbons (Fsp3) is 0.250. The summed E-state index contributed by atoms with van der Waals surface area (Å²) in [7, 11) is 1.58. The Kier molecular flexibility index (Phi) is 8.63. The lowest BCUT2D eigenvalue weighted by molar-refractivity contribution is -0.124. The van der Waals surface area contributed by atoms with Crippen molar-refractivity contribution in [3.63, 3.8) is 0 Å². The highest BCUT2D eigenvalue weighted by Crippen LogP contribution is 2.30. The Hall–Kier alpha value is -3.62. The van der Waals surface area contributed by atoms with Crippen LogP contribution in [-0.2, 0) is 16.1 Å². The molecule has 0 aliphatic carbocycles. The number of rotatable bonds is 10. The van der Waals surface area contributed by atoms with Crippen LogP contribution in [0.2, 0.25) is 5.02 Å². The smallest absolute Gasteiger partial charge is 0.256 e. The van der Waals surface area contributed by atoms with Crippen LogP contribution >= 0.6 is 23.8 Å². The molecule has 7 nitrogen and oxygen atoms in total. The zero-order valence-corrected chi connectivity index (χ0v) is 22.2. The second kappa shape index (κ2) is 12.1. The van der Waals surface area contributed by atoms with Gasteiger partial charge in [-0.25, -0.2) is 0 Å². The summed E-state index contributed by atoms with van der Waals surface area (Å²) < 4.78 is 10.8. The Balaban J connectivity index is 1.53. The number of carbonyl (C=O) groups is 2. The van der Waals surface area contributed by atoms with Crippen molar-refractivity contribution >= 4 is 52.1 Å². The van der Waals surface area contributed by atoms with Gasteiger partial charge < -0.3 is 19.7 Å². The first-order chi connectivity index (χ1) is 17.9. The van der Waals surface area contributed by atoms with Crippen molar-refractivity contribution in [2.45, 2.75) is 32.4 Å². The third-order valence-electron chi connectivity index (χ3n) is 5.91. The molecular weight excluding hydrogens is 510 g/mol. The molecule has 0 bridgehead atoms. The van der Waals surface area contributed by atoms with Crippen molar-refractivity contribution in [2.75, 3.05) is 23.9 Å². The SMILES string of the molecule is CCCOc1ccc(NC(=O)CC2C(=O)N(c3ccc(OC)cc3)C(=S)N2Cc2ccc(Cl)cc2)cc1. The minimum Gasteiger partial charge on any atom is -0.497 e. The molecule has 9 heteroatoms. The van der Waals surface area contributed by atoms with Crippen LogP contribution in [0, 0.1) is 0 Å². The molecule has 1 saturated heterocycles. The summed E-state index contributed by atoms with van der Waals surface area (Å²) in [6.45, 7) is 3.02. The third kappa shape index (κ3) is 6.39. The van der Waals surface area contributed by atoms with Crippen molar-refractivity contribution in [3.8, 4) is 11.5 Å². The number of carbonyl (C=O) groups excluding carboxylic acids is 2. The standard InChI is InChI=1S/C28H28ClN3O4S/c1-3-16-36-24-12-8-21(9-13-24)30-26(33)17-25-27(34)32(22-10-14-23(35-2)15-11-22)28(37)31(25)18-19-4-6-20(29)7-5-19/h4-15,25H,3,16-18H2,1-2H3,(H,30,33). The minimum atomic E-state index is -0.766. The number of amides is 2. The molecule has 3 aromatic rings. The summed E-state index contributed by atoms with van der Waals surface area (Å²) in [6, 6.07) is 20.8. The fourth-order valence-corrected chi connectivity index (χ4v) is 4.52. The predicted molar refractivity (Wildman–Crippen MR) is 149 cm³/mol. The Morgan fingerprint density at radius 2 is 1.65 bits per heavy atom. The van der Waals surface area contributed by atoms with Crippen molar-refractivity contribution in [2.24, 2.45) is 0 Å². The Labute approximate surface area is 226 Å². The first-order valence-electron chi connectivity index (χ1n) is 12.0. The zero-order valence-electron chi connectivity index (χ0n) is 20.6. The number of thiocarbonyl (C=S) groups is 1. The Morgan fingerprint density at radius 1 is 1.00 bits per heavy atom. The fourth-order valence-electron chi connectivity index (χ4n) is 4.01. The highest BCUT2D eigenvalue weighted by Gasteiger charge is 2.44. The Morgan fingerprint density at radius 3 is 2.27 bits per heavy atom. The van der Waals surface area contributed by atoms with Gasteiger partial charge in [0.1, 0.15) is 17.5 Å². The molecule has 0 radical (unpaired) electrons. The van der Waals surface area contributed by atoms with Crippen LogP contribution in [0.3, 0.4) is 0 Å². The number of hydrogen-bond donors (Lipinski definition) is 1. The van der Waals surface area contributed by atoms with Crippen molar-refractivity contribution < 1.29 is 19.1 Å². The predicted octanol–water partition coefficient (Wildman–Crippen LogP) is 5.67. The molecule has 1 unspecified atom stereocenters. The van der Waals surface area contributed by atoms with E-state index in [1.165, 1.54) is 4.90 Å². The van der Waals surface area contributed by atoms with Crippen LogP contribution in [-0.4, -0.2) is 41.6 Å². The molecule has 1 aliphatic rings. The normalized spacial score (nSPS) is 15.2. The van der Waals surface area contributed by atoms with E-state index in [9.17, 15) is 9.59 Å². The van der Waals surface area contributed by atoms with Gasteiger partial charge in [-0.2, -0.15) is 0 Å². The largest absolute Gasteiger partial charge is 0.497 e. The average molecular weight is 538 g/mol. The maximum absolute atomic E-state index is 13.6. The van der Waals surface area contributed by atoms with Crippen molar-refractivity contribution in [3.05, 3.63) is 83.4 Å². The summed E-state index contributed by atoms with van der Waals surface area (Å²) >= 11 is 11.8. The number of methoxy groups -OCH3 is 1. The second-order valence-corrected chi connectivity index (χ2v) is 9.35. The molecule has 0 spiro atoms. The molecular formula is C28H28ClN3O4S. The summed E-state index contributed by atoms with van der Waals surface area (Å²) in [4.78, 5) is 29.9. The van der Waals surface area contributed by atoms with Crippen LogP contribution in [0.25, 0.3) is 0 Å². The first kappa shape index (κ1) is 26.4. The van der Waals surface area contributed by atoms with Gasteiger partial charge in [-0.15, -0.1) is 0 Å². The molecule has 0 aromatic heterocycles. The monoisotopic (exact) mass is 537 g/mol. The first-order valence-corrected chi connectivity index (χ1v) is 12.7. The van der Waals surface area contributed by atoms with Crippen LogP contribution in [0.1, 0.15) is 25.3 Å². The van der Waals surface area contributed by atoms with Gasteiger partial charge in [-0.3, -0.25) is 14.5 Å². The number of nitrogens with zero attached hydrogens (tertiary/aromatic N) is 2. The van der Waals surface area contributed by atoms with E-state index in [4.69, 9.17) is 33.3 Å². The molecule has 1 N–H and O–H groups in total. The lowest BCUT2D eigenvalue weighted by atomic mass is 10.1. The number of benzene rings is 3. The van der Waals surface area contributed by atoms with Gasteiger partial charge in [0.25, 0.3) is 5.91 Å². The number of ether oxygens (including phenoxy) is 2. The molecule has 1 heterocycles. The second-order valence-electron chi connectivity index (χ2n) is 8.55. The minimum absolute atomic E-state index is 0.0622. The lowest BCUT2D eigenvalue weighted by Crippen LogP contribution is -2.37. The van der Waals surface area contributed by atoms with E-state index in [0.29, 0.717) is 40.4 Å². The maximum Gasteiger partial charge on any atom is 0.256 e. The maximum atomic E-state index is 13.6. The van der Waals surface area contributed by atoms with Crippen molar-refractivity contribution in [1.82, 2.24) is 4.90 Å². The molecule has 1 fully saturated rings. The molecule has 1 aliphatic heterocycles. The number of anilines is 2. The molecule has 3 aromatic carbocycles. The topological polar surface area (TPSA) is 71.1 Å². The molecule has 37 heavy (non-hydrogen) atoms. The number of nitrogens with one attached hydrogen (secondary N) is 1. The van der Waals surface area contributed by atoms with E-state index >= 15 is 0 Å². The van der Waals surface area contributed by atoms with Gasteiger partial charge in [0.05, 0.1) is 25.8 Å². The van der Waals surface area contributed by atoms with E-state index in [1.807, 2.05) is 19.1 Å². The van der Waals surface area contributed by atoms with Crippen molar-refractivity contribution in [1.29, 1.82) is 0 Å². The lowest BCUT2D eigenvalue weighted by Gasteiger charge is -2.24. The van der Waals surface area contributed by atoms with E-state index in [-0.39, 0.29) is 18.2 Å². The van der Waals surface area contributed by atoms with Gasteiger partial charge in [-0.05, 0) is 84.9 Å². The molecule has 4 rings (SSSR count). The molecule has 0 saturated carbocycles. The van der Waals surface area contributed by atoms with E-state index in [1.54, 1.807) is 72.7 Å². The number of halogens is 1. The average Bonchev–Trinajstić information content (AvgIpc) is 3.13.